The van der Waals surface area contributed by atoms with Gasteiger partial charge in [-0.3, -0.25) is 9.63 Å². The summed E-state index contributed by atoms with van der Waals surface area (Å²) in [5.41, 5.74) is 2.25. The maximum atomic E-state index is 11.1. The Kier molecular flexibility index (Phi) is 6.32. The lowest BCUT2D eigenvalue weighted by molar-refractivity contribution is -0.220. The van der Waals surface area contributed by atoms with E-state index >= 15 is 0 Å². The molecular formula is C19H23NO3. The molecule has 122 valence electrons. The molecule has 2 aromatic carbocycles. The lowest BCUT2D eigenvalue weighted by atomic mass is 10.1. The van der Waals surface area contributed by atoms with Crippen molar-refractivity contribution >= 4 is 5.97 Å². The Morgan fingerprint density at radius 3 is 1.78 bits per heavy atom. The van der Waals surface area contributed by atoms with Crippen molar-refractivity contribution < 1.29 is 14.7 Å². The average molecular weight is 313 g/mol. The van der Waals surface area contributed by atoms with E-state index in [2.05, 4.69) is 0 Å². The first-order chi connectivity index (χ1) is 11.1. The van der Waals surface area contributed by atoms with E-state index in [1.807, 2.05) is 65.7 Å². The predicted molar refractivity (Wildman–Crippen MR) is 89.5 cm³/mol. The van der Waals surface area contributed by atoms with Crippen LogP contribution < -0.4 is 0 Å². The highest BCUT2D eigenvalue weighted by molar-refractivity contribution is 5.70. The van der Waals surface area contributed by atoms with Crippen LogP contribution in [0.1, 0.15) is 25.0 Å². The quantitative estimate of drug-likeness (QED) is 0.754. The zero-order chi connectivity index (χ0) is 16.7. The summed E-state index contributed by atoms with van der Waals surface area (Å²) in [6, 6.07) is 20.0. The number of hydroxylamine groups is 2. The summed E-state index contributed by atoms with van der Waals surface area (Å²) in [5.74, 6) is -1.42. The molecule has 0 amide bonds. The number of carboxylic acids is 1. The van der Waals surface area contributed by atoms with Gasteiger partial charge in [0, 0.05) is 13.1 Å². The molecule has 0 bridgehead atoms. The van der Waals surface area contributed by atoms with Crippen LogP contribution in [0.2, 0.25) is 0 Å². The number of hydrogen-bond acceptors (Lipinski definition) is 3. The molecule has 0 spiro atoms. The van der Waals surface area contributed by atoms with Crippen LogP contribution in [-0.2, 0) is 22.7 Å². The van der Waals surface area contributed by atoms with E-state index < -0.39 is 18.0 Å². The molecule has 0 fully saturated rings. The smallest absolute Gasteiger partial charge is 0.308 e. The van der Waals surface area contributed by atoms with Gasteiger partial charge in [0.25, 0.3) is 0 Å². The molecule has 0 aliphatic heterocycles. The summed E-state index contributed by atoms with van der Waals surface area (Å²) >= 11 is 0. The highest BCUT2D eigenvalue weighted by Crippen LogP contribution is 2.15. The van der Waals surface area contributed by atoms with Crippen LogP contribution in [0.15, 0.2) is 60.7 Å². The first-order valence-corrected chi connectivity index (χ1v) is 7.78. The number of aliphatic carboxylic acids is 1. The standard InChI is InChI=1S/C19H23NO3/c1-15(19(21)22)16(2)23-20(13-17-9-5-3-6-10-17)14-18-11-7-4-8-12-18/h3-12,15-16H,13-14H2,1-2H3,(H,21,22). The van der Waals surface area contributed by atoms with Gasteiger partial charge in [-0.05, 0) is 25.0 Å². The lowest BCUT2D eigenvalue weighted by Crippen LogP contribution is -2.34. The Balaban J connectivity index is 2.09. The fourth-order valence-electron chi connectivity index (χ4n) is 2.23. The van der Waals surface area contributed by atoms with Crippen molar-refractivity contribution in [3.8, 4) is 0 Å². The second-order valence-electron chi connectivity index (χ2n) is 5.71. The number of benzene rings is 2. The first-order valence-electron chi connectivity index (χ1n) is 7.78. The molecule has 1 N–H and O–H groups in total. The molecule has 0 aliphatic rings. The van der Waals surface area contributed by atoms with Crippen molar-refractivity contribution in [2.75, 3.05) is 0 Å². The Morgan fingerprint density at radius 2 is 1.39 bits per heavy atom. The van der Waals surface area contributed by atoms with Crippen LogP contribution in [0.3, 0.4) is 0 Å². The predicted octanol–water partition coefficient (Wildman–Crippen LogP) is 3.73. The molecule has 0 aromatic heterocycles. The summed E-state index contributed by atoms with van der Waals surface area (Å²) in [7, 11) is 0. The average Bonchev–Trinajstić information content (AvgIpc) is 2.55. The van der Waals surface area contributed by atoms with Gasteiger partial charge in [-0.2, -0.15) is 5.06 Å². The Morgan fingerprint density at radius 1 is 0.957 bits per heavy atom. The molecule has 23 heavy (non-hydrogen) atoms. The van der Waals surface area contributed by atoms with E-state index in [0.29, 0.717) is 13.1 Å². The van der Waals surface area contributed by atoms with Crippen LogP contribution in [0.4, 0.5) is 0 Å². The first kappa shape index (κ1) is 17.2. The zero-order valence-corrected chi connectivity index (χ0v) is 13.6. The van der Waals surface area contributed by atoms with Gasteiger partial charge in [-0.25, -0.2) is 0 Å². The van der Waals surface area contributed by atoms with E-state index in [1.165, 1.54) is 0 Å². The Labute approximate surface area is 137 Å². The minimum Gasteiger partial charge on any atom is -0.481 e. The highest BCUT2D eigenvalue weighted by Gasteiger charge is 2.23. The van der Waals surface area contributed by atoms with Gasteiger partial charge in [0.2, 0.25) is 0 Å². The molecular weight excluding hydrogens is 290 g/mol. The van der Waals surface area contributed by atoms with Crippen molar-refractivity contribution in [2.45, 2.75) is 33.0 Å². The third-order valence-corrected chi connectivity index (χ3v) is 3.81. The Hall–Kier alpha value is -2.17. The van der Waals surface area contributed by atoms with Gasteiger partial charge in [0.05, 0.1) is 12.0 Å². The molecule has 0 heterocycles. The molecule has 0 radical (unpaired) electrons. The van der Waals surface area contributed by atoms with Crippen LogP contribution in [0.25, 0.3) is 0 Å². The fraction of sp³-hybridized carbons (Fsp3) is 0.316. The van der Waals surface area contributed by atoms with E-state index in [4.69, 9.17) is 9.94 Å². The minimum atomic E-state index is -0.850. The van der Waals surface area contributed by atoms with Crippen LogP contribution >= 0.6 is 0 Å². The fourth-order valence-corrected chi connectivity index (χ4v) is 2.23. The highest BCUT2D eigenvalue weighted by atomic mass is 16.7. The molecule has 0 saturated carbocycles. The third-order valence-electron chi connectivity index (χ3n) is 3.81. The second kappa shape index (κ2) is 8.46. The maximum absolute atomic E-state index is 11.1. The monoisotopic (exact) mass is 313 g/mol. The molecule has 2 atom stereocenters. The van der Waals surface area contributed by atoms with Crippen molar-refractivity contribution in [3.05, 3.63) is 71.8 Å². The van der Waals surface area contributed by atoms with Crippen LogP contribution in [0, 0.1) is 5.92 Å². The van der Waals surface area contributed by atoms with Crippen molar-refractivity contribution in [3.63, 3.8) is 0 Å². The van der Waals surface area contributed by atoms with E-state index in [9.17, 15) is 4.79 Å². The summed E-state index contributed by atoms with van der Waals surface area (Å²) < 4.78 is 0. The molecule has 2 aromatic rings. The summed E-state index contributed by atoms with van der Waals surface area (Å²) in [6.07, 6.45) is -0.403. The number of rotatable bonds is 8. The van der Waals surface area contributed by atoms with Gasteiger partial charge >= 0.3 is 5.97 Å². The van der Waals surface area contributed by atoms with Crippen LogP contribution in [0.5, 0.6) is 0 Å². The SMILES string of the molecule is CC(ON(Cc1ccccc1)Cc1ccccc1)C(C)C(=O)O. The molecule has 4 heteroatoms. The second-order valence-corrected chi connectivity index (χ2v) is 5.71. The summed E-state index contributed by atoms with van der Waals surface area (Å²) in [6.45, 7) is 4.66. The topological polar surface area (TPSA) is 49.8 Å². The lowest BCUT2D eigenvalue weighted by Gasteiger charge is -2.27. The molecule has 0 aliphatic carbocycles. The van der Waals surface area contributed by atoms with E-state index in [1.54, 1.807) is 13.8 Å². The number of carbonyl (C=O) groups is 1. The van der Waals surface area contributed by atoms with Gasteiger partial charge < -0.3 is 5.11 Å². The van der Waals surface area contributed by atoms with Gasteiger partial charge in [-0.15, -0.1) is 0 Å². The van der Waals surface area contributed by atoms with Crippen molar-refractivity contribution in [2.24, 2.45) is 5.92 Å². The zero-order valence-electron chi connectivity index (χ0n) is 13.6. The van der Waals surface area contributed by atoms with Gasteiger partial charge in [0.1, 0.15) is 0 Å². The normalized spacial score (nSPS) is 13.7. The third kappa shape index (κ3) is 5.51. The maximum Gasteiger partial charge on any atom is 0.308 e. The number of carboxylic acid groups (broad SMARTS) is 1. The summed E-state index contributed by atoms with van der Waals surface area (Å²) in [5, 5.41) is 11.0. The van der Waals surface area contributed by atoms with E-state index in [0.717, 1.165) is 11.1 Å². The van der Waals surface area contributed by atoms with Crippen molar-refractivity contribution in [1.29, 1.82) is 0 Å². The number of nitrogens with zero attached hydrogens (tertiary/aromatic N) is 1. The van der Waals surface area contributed by atoms with E-state index in [-0.39, 0.29) is 0 Å². The minimum absolute atomic E-state index is 0.403. The molecule has 2 rings (SSSR count). The van der Waals surface area contributed by atoms with Crippen LogP contribution in [-0.4, -0.2) is 22.2 Å². The Bertz CT molecular complexity index is 559. The van der Waals surface area contributed by atoms with Gasteiger partial charge in [0.15, 0.2) is 0 Å². The molecule has 0 saturated heterocycles. The van der Waals surface area contributed by atoms with Crippen molar-refractivity contribution in [1.82, 2.24) is 5.06 Å². The number of hydrogen-bond donors (Lipinski definition) is 1. The van der Waals surface area contributed by atoms with Gasteiger partial charge in [-0.1, -0.05) is 60.7 Å². The summed E-state index contributed by atoms with van der Waals surface area (Å²) in [4.78, 5) is 17.1. The largest absolute Gasteiger partial charge is 0.481 e. The molecule has 2 unspecified atom stereocenters. The molecule has 4 nitrogen and oxygen atoms in total.